The van der Waals surface area contributed by atoms with Crippen LogP contribution in [0.3, 0.4) is 0 Å². The van der Waals surface area contributed by atoms with Crippen LogP contribution in [0.1, 0.15) is 23.6 Å². The lowest BCUT2D eigenvalue weighted by molar-refractivity contribution is -0.137. The van der Waals surface area contributed by atoms with Crippen molar-refractivity contribution in [2.45, 2.75) is 26.1 Å². The molecule has 0 saturated carbocycles. The van der Waals surface area contributed by atoms with Crippen molar-refractivity contribution < 1.29 is 27.4 Å². The number of aliphatic imine (C=N–C) groups is 1. The Morgan fingerprint density at radius 3 is 2.00 bits per heavy atom. The molecule has 9 heteroatoms. The molecule has 0 aliphatic rings. The average molecular weight is 439 g/mol. The van der Waals surface area contributed by atoms with Crippen molar-refractivity contribution in [2.24, 2.45) is 4.99 Å². The second-order valence-electron chi connectivity index (χ2n) is 6.60. The fourth-order valence-corrected chi connectivity index (χ4v) is 2.92. The Kier molecular flexibility index (Phi) is 8.84. The number of hydrogen-bond acceptors (Lipinski definition) is 4. The lowest BCUT2D eigenvalue weighted by Crippen LogP contribution is -2.38. The highest BCUT2D eigenvalue weighted by molar-refractivity contribution is 5.79. The van der Waals surface area contributed by atoms with Gasteiger partial charge in [0.05, 0.1) is 33.4 Å². The summed E-state index contributed by atoms with van der Waals surface area (Å²) < 4.78 is 54.0. The summed E-state index contributed by atoms with van der Waals surface area (Å²) in [4.78, 5) is 4.56. The Morgan fingerprint density at radius 1 is 0.903 bits per heavy atom. The van der Waals surface area contributed by atoms with Crippen LogP contribution in [0.2, 0.25) is 0 Å². The Labute approximate surface area is 180 Å². The predicted molar refractivity (Wildman–Crippen MR) is 114 cm³/mol. The number of alkyl halides is 3. The summed E-state index contributed by atoms with van der Waals surface area (Å²) in [6.07, 6.45) is -3.76. The molecule has 0 aliphatic heterocycles. The van der Waals surface area contributed by atoms with Gasteiger partial charge in [-0.15, -0.1) is 0 Å². The van der Waals surface area contributed by atoms with Gasteiger partial charge in [0.2, 0.25) is 5.75 Å². The minimum Gasteiger partial charge on any atom is -0.493 e. The Bertz CT molecular complexity index is 844. The molecule has 0 aliphatic carbocycles. The van der Waals surface area contributed by atoms with Gasteiger partial charge in [0.15, 0.2) is 17.5 Å². The summed E-state index contributed by atoms with van der Waals surface area (Å²) in [5.41, 5.74) is 1.03. The Hall–Kier alpha value is -3.10. The number of nitrogens with zero attached hydrogens (tertiary/aromatic N) is 1. The van der Waals surface area contributed by atoms with Crippen molar-refractivity contribution in [1.82, 2.24) is 10.6 Å². The van der Waals surface area contributed by atoms with Gasteiger partial charge in [0.25, 0.3) is 0 Å². The van der Waals surface area contributed by atoms with Gasteiger partial charge >= 0.3 is 6.18 Å². The van der Waals surface area contributed by atoms with Crippen molar-refractivity contribution in [3.8, 4) is 17.2 Å². The van der Waals surface area contributed by atoms with Gasteiger partial charge in [0.1, 0.15) is 0 Å². The summed E-state index contributed by atoms with van der Waals surface area (Å²) in [6, 6.07) is 8.83. The summed E-state index contributed by atoms with van der Waals surface area (Å²) in [5, 5.41) is 6.34. The number of hydrogen-bond donors (Lipinski definition) is 2. The van der Waals surface area contributed by atoms with Gasteiger partial charge in [-0.25, -0.2) is 4.99 Å². The van der Waals surface area contributed by atoms with E-state index in [2.05, 4.69) is 15.6 Å². The van der Waals surface area contributed by atoms with Crippen LogP contribution in [-0.4, -0.2) is 40.4 Å². The molecule has 0 unspecified atom stereocenters. The van der Waals surface area contributed by atoms with Crippen molar-refractivity contribution in [1.29, 1.82) is 0 Å². The van der Waals surface area contributed by atoms with Gasteiger partial charge in [-0.2, -0.15) is 13.2 Å². The van der Waals surface area contributed by atoms with Crippen LogP contribution in [-0.2, 0) is 19.1 Å². The van der Waals surface area contributed by atoms with Gasteiger partial charge < -0.3 is 24.8 Å². The maximum absolute atomic E-state index is 12.7. The molecule has 2 aromatic rings. The van der Waals surface area contributed by atoms with Crippen LogP contribution in [0.5, 0.6) is 17.2 Å². The number of halogens is 3. The summed E-state index contributed by atoms with van der Waals surface area (Å²) in [6.45, 7) is 3.51. The predicted octanol–water partition coefficient (Wildman–Crippen LogP) is 4.03. The number of rotatable bonds is 9. The second-order valence-corrected chi connectivity index (χ2v) is 6.60. The molecular formula is C22H28F3N3O3. The monoisotopic (exact) mass is 439 g/mol. The largest absolute Gasteiger partial charge is 0.493 e. The van der Waals surface area contributed by atoms with E-state index >= 15 is 0 Å². The smallest absolute Gasteiger partial charge is 0.416 e. The van der Waals surface area contributed by atoms with Crippen LogP contribution in [0.4, 0.5) is 13.2 Å². The van der Waals surface area contributed by atoms with Gasteiger partial charge in [-0.3, -0.25) is 0 Å². The highest BCUT2D eigenvalue weighted by Crippen LogP contribution is 2.38. The minimum absolute atomic E-state index is 0.367. The number of methoxy groups -OCH3 is 3. The van der Waals surface area contributed by atoms with Crippen LogP contribution in [0, 0.1) is 0 Å². The van der Waals surface area contributed by atoms with E-state index in [-0.39, 0.29) is 0 Å². The third-order valence-electron chi connectivity index (χ3n) is 4.48. The normalized spacial score (nSPS) is 11.8. The van der Waals surface area contributed by atoms with E-state index in [4.69, 9.17) is 14.2 Å². The van der Waals surface area contributed by atoms with Gasteiger partial charge in [0, 0.05) is 13.1 Å². The fourth-order valence-electron chi connectivity index (χ4n) is 2.92. The zero-order valence-corrected chi connectivity index (χ0v) is 18.1. The van der Waals surface area contributed by atoms with E-state index in [0.717, 1.165) is 23.3 Å². The zero-order valence-electron chi connectivity index (χ0n) is 18.1. The number of benzene rings is 2. The first-order chi connectivity index (χ1) is 14.8. The van der Waals surface area contributed by atoms with E-state index in [9.17, 15) is 13.2 Å². The van der Waals surface area contributed by atoms with E-state index in [1.807, 2.05) is 19.1 Å². The molecule has 0 saturated heterocycles. The molecule has 170 valence electrons. The molecule has 2 N–H and O–H groups in total. The lowest BCUT2D eigenvalue weighted by atomic mass is 10.1. The van der Waals surface area contributed by atoms with E-state index in [1.165, 1.54) is 12.1 Å². The van der Waals surface area contributed by atoms with Crippen molar-refractivity contribution in [2.75, 3.05) is 34.4 Å². The first kappa shape index (κ1) is 24.2. The van der Waals surface area contributed by atoms with Crippen LogP contribution in [0.15, 0.2) is 41.4 Å². The third-order valence-corrected chi connectivity index (χ3v) is 4.48. The highest BCUT2D eigenvalue weighted by atomic mass is 19.4. The number of guanidine groups is 1. The molecule has 31 heavy (non-hydrogen) atoms. The van der Waals surface area contributed by atoms with Crippen LogP contribution < -0.4 is 24.8 Å². The quantitative estimate of drug-likeness (QED) is 0.456. The SMILES string of the molecule is CCNC(=NCc1cc(OC)c(OC)c(OC)c1)NCCc1ccc(C(F)(F)F)cc1. The van der Waals surface area contributed by atoms with Crippen molar-refractivity contribution in [3.63, 3.8) is 0 Å². The van der Waals surface area contributed by atoms with Gasteiger partial charge in [-0.1, -0.05) is 12.1 Å². The number of ether oxygens (including phenoxy) is 3. The van der Waals surface area contributed by atoms with Crippen LogP contribution >= 0.6 is 0 Å². The average Bonchev–Trinajstić information content (AvgIpc) is 2.76. The van der Waals surface area contributed by atoms with E-state index in [1.54, 1.807) is 21.3 Å². The van der Waals surface area contributed by atoms with E-state index < -0.39 is 11.7 Å². The second kappa shape index (κ2) is 11.3. The van der Waals surface area contributed by atoms with E-state index in [0.29, 0.717) is 49.3 Å². The number of nitrogens with one attached hydrogen (secondary N) is 2. The Morgan fingerprint density at radius 2 is 1.52 bits per heavy atom. The maximum atomic E-state index is 12.7. The first-order valence-electron chi connectivity index (χ1n) is 9.79. The molecular weight excluding hydrogens is 411 g/mol. The van der Waals surface area contributed by atoms with Crippen molar-refractivity contribution in [3.05, 3.63) is 53.1 Å². The third kappa shape index (κ3) is 6.97. The Balaban J connectivity index is 2.02. The molecule has 0 spiro atoms. The summed E-state index contributed by atoms with van der Waals surface area (Å²) >= 11 is 0. The van der Waals surface area contributed by atoms with Crippen molar-refractivity contribution >= 4 is 5.96 Å². The zero-order chi connectivity index (χ0) is 22.9. The standard InChI is InChI=1S/C22H28F3N3O3/c1-5-26-21(27-11-10-15-6-8-17(9-7-15)22(23,24)25)28-14-16-12-18(29-2)20(31-4)19(13-16)30-3/h6-9,12-13H,5,10-11,14H2,1-4H3,(H2,26,27,28). The fraction of sp³-hybridized carbons (Fsp3) is 0.409. The molecule has 0 heterocycles. The summed E-state index contributed by atoms with van der Waals surface area (Å²) in [7, 11) is 4.65. The molecule has 0 amide bonds. The minimum atomic E-state index is -4.32. The molecule has 0 atom stereocenters. The molecule has 0 radical (unpaired) electrons. The lowest BCUT2D eigenvalue weighted by Gasteiger charge is -2.14. The molecule has 6 nitrogen and oxygen atoms in total. The van der Waals surface area contributed by atoms with Gasteiger partial charge in [-0.05, 0) is 48.7 Å². The topological polar surface area (TPSA) is 64.1 Å². The van der Waals surface area contributed by atoms with Crippen LogP contribution in [0.25, 0.3) is 0 Å². The maximum Gasteiger partial charge on any atom is 0.416 e. The molecule has 0 fully saturated rings. The molecule has 2 aromatic carbocycles. The first-order valence-corrected chi connectivity index (χ1v) is 9.79. The molecule has 0 bridgehead atoms. The highest BCUT2D eigenvalue weighted by Gasteiger charge is 2.29. The summed E-state index contributed by atoms with van der Waals surface area (Å²) in [5.74, 6) is 2.21. The molecule has 2 rings (SSSR count). The molecule has 0 aromatic heterocycles.